The lowest BCUT2D eigenvalue weighted by Gasteiger charge is -2.12. The lowest BCUT2D eigenvalue weighted by molar-refractivity contribution is -0.385. The van der Waals surface area contributed by atoms with Crippen molar-refractivity contribution in [2.24, 2.45) is 5.14 Å². The van der Waals surface area contributed by atoms with Crippen LogP contribution >= 0.6 is 0 Å². The number of primary sulfonamides is 1. The van der Waals surface area contributed by atoms with Gasteiger partial charge in [-0.05, 0) is 12.5 Å². The number of nitro groups is 1. The predicted molar refractivity (Wildman–Crippen MR) is 71.2 cm³/mol. The highest BCUT2D eigenvalue weighted by Crippen LogP contribution is 2.31. The molecule has 0 radical (unpaired) electrons. The van der Waals surface area contributed by atoms with Gasteiger partial charge in [0.2, 0.25) is 10.0 Å². The molecule has 0 atom stereocenters. The smallest absolute Gasteiger partial charge is 0.271 e. The molecule has 0 spiro atoms. The van der Waals surface area contributed by atoms with Gasteiger partial charge in [0.25, 0.3) is 5.69 Å². The third-order valence-corrected chi connectivity index (χ3v) is 3.40. The molecule has 0 fully saturated rings. The molecule has 112 valence electrons. The maximum Gasteiger partial charge on any atom is 0.271 e. The van der Waals surface area contributed by atoms with Crippen LogP contribution in [0, 0.1) is 17.0 Å². The van der Waals surface area contributed by atoms with Crippen molar-refractivity contribution in [1.82, 2.24) is 0 Å². The summed E-state index contributed by atoms with van der Waals surface area (Å²) in [5.41, 5.74) is -0.0172. The molecule has 0 aromatic heterocycles. The molecule has 9 heteroatoms. The van der Waals surface area contributed by atoms with Gasteiger partial charge >= 0.3 is 0 Å². The van der Waals surface area contributed by atoms with Crippen LogP contribution < -0.4 is 9.88 Å². The summed E-state index contributed by atoms with van der Waals surface area (Å²) in [5.74, 6) is 0.0363. The van der Waals surface area contributed by atoms with Gasteiger partial charge in [-0.1, -0.05) is 0 Å². The maximum absolute atomic E-state index is 11.5. The zero-order chi connectivity index (χ0) is 15.3. The number of benzene rings is 1. The Morgan fingerprint density at radius 2 is 2.00 bits per heavy atom. The second kappa shape index (κ2) is 6.64. The van der Waals surface area contributed by atoms with Gasteiger partial charge in [0, 0.05) is 32.3 Å². The molecule has 2 N–H and O–H groups in total. The first-order chi connectivity index (χ1) is 9.27. The van der Waals surface area contributed by atoms with Crippen LogP contribution in [0.4, 0.5) is 5.69 Å². The van der Waals surface area contributed by atoms with Crippen LogP contribution in [0.5, 0.6) is 5.75 Å². The Balaban J connectivity index is 3.18. The van der Waals surface area contributed by atoms with E-state index in [2.05, 4.69) is 0 Å². The molecule has 1 aromatic carbocycles. The summed E-state index contributed by atoms with van der Waals surface area (Å²) >= 11 is 0. The SMILES string of the molecule is COCCCOc1c(C)cc([N+](=O)[O-])cc1S(N)(=O)=O. The van der Waals surface area contributed by atoms with Crippen molar-refractivity contribution in [2.75, 3.05) is 20.3 Å². The molecule has 0 amide bonds. The molecule has 0 bridgehead atoms. The van der Waals surface area contributed by atoms with Gasteiger partial charge < -0.3 is 9.47 Å². The van der Waals surface area contributed by atoms with E-state index in [-0.39, 0.29) is 22.9 Å². The number of rotatable bonds is 7. The van der Waals surface area contributed by atoms with E-state index in [1.165, 1.54) is 20.1 Å². The summed E-state index contributed by atoms with van der Waals surface area (Å²) in [6.07, 6.45) is 0.553. The van der Waals surface area contributed by atoms with Crippen LogP contribution in [0.3, 0.4) is 0 Å². The molecule has 1 rings (SSSR count). The van der Waals surface area contributed by atoms with Gasteiger partial charge in [0.05, 0.1) is 11.5 Å². The topological polar surface area (TPSA) is 122 Å². The van der Waals surface area contributed by atoms with Crippen molar-refractivity contribution in [2.45, 2.75) is 18.2 Å². The molecular formula is C11H16N2O6S. The summed E-state index contributed by atoms with van der Waals surface area (Å²) in [4.78, 5) is 9.68. The van der Waals surface area contributed by atoms with E-state index in [0.717, 1.165) is 6.07 Å². The molecular weight excluding hydrogens is 288 g/mol. The van der Waals surface area contributed by atoms with E-state index in [4.69, 9.17) is 14.6 Å². The summed E-state index contributed by atoms with van der Waals surface area (Å²) in [7, 11) is -2.58. The average Bonchev–Trinajstić information content (AvgIpc) is 2.34. The van der Waals surface area contributed by atoms with Crippen molar-refractivity contribution < 1.29 is 22.8 Å². The van der Waals surface area contributed by atoms with Crippen molar-refractivity contribution in [3.05, 3.63) is 27.8 Å². The lowest BCUT2D eigenvalue weighted by atomic mass is 10.2. The van der Waals surface area contributed by atoms with Crippen LogP contribution in [0.15, 0.2) is 17.0 Å². The van der Waals surface area contributed by atoms with Gasteiger partial charge in [-0.3, -0.25) is 10.1 Å². The monoisotopic (exact) mass is 304 g/mol. The Bertz CT molecular complexity index is 599. The zero-order valence-corrected chi connectivity index (χ0v) is 12.0. The molecule has 0 aliphatic carbocycles. The molecule has 0 saturated heterocycles. The molecule has 0 aliphatic heterocycles. The van der Waals surface area contributed by atoms with Gasteiger partial charge in [-0.2, -0.15) is 0 Å². The highest BCUT2D eigenvalue weighted by atomic mass is 32.2. The Labute approximate surface area is 116 Å². The lowest BCUT2D eigenvalue weighted by Crippen LogP contribution is -2.15. The molecule has 0 heterocycles. The molecule has 0 saturated carbocycles. The number of non-ortho nitro benzene ring substituents is 1. The van der Waals surface area contributed by atoms with E-state index < -0.39 is 14.9 Å². The first-order valence-electron chi connectivity index (χ1n) is 5.71. The predicted octanol–water partition coefficient (Wildman–Crippen LogP) is 0.966. The van der Waals surface area contributed by atoms with Gasteiger partial charge in [0.1, 0.15) is 10.6 Å². The van der Waals surface area contributed by atoms with Crippen LogP contribution in [0.25, 0.3) is 0 Å². The fraction of sp³-hybridized carbons (Fsp3) is 0.455. The Kier molecular flexibility index (Phi) is 5.43. The normalized spacial score (nSPS) is 11.3. The molecule has 8 nitrogen and oxygen atoms in total. The second-order valence-corrected chi connectivity index (χ2v) is 5.62. The minimum Gasteiger partial charge on any atom is -0.492 e. The largest absolute Gasteiger partial charge is 0.492 e. The van der Waals surface area contributed by atoms with E-state index in [0.29, 0.717) is 18.6 Å². The molecule has 20 heavy (non-hydrogen) atoms. The highest BCUT2D eigenvalue weighted by molar-refractivity contribution is 7.89. The quantitative estimate of drug-likeness (QED) is 0.455. The van der Waals surface area contributed by atoms with Crippen molar-refractivity contribution in [3.63, 3.8) is 0 Å². The zero-order valence-electron chi connectivity index (χ0n) is 11.2. The summed E-state index contributed by atoms with van der Waals surface area (Å²) in [5, 5.41) is 15.8. The summed E-state index contributed by atoms with van der Waals surface area (Å²) in [6, 6.07) is 2.13. The molecule has 0 unspecified atom stereocenters. The maximum atomic E-state index is 11.5. The number of nitrogens with zero attached hydrogens (tertiary/aromatic N) is 1. The number of sulfonamides is 1. The Morgan fingerprint density at radius 3 is 2.50 bits per heavy atom. The number of methoxy groups -OCH3 is 1. The third kappa shape index (κ3) is 4.15. The fourth-order valence-corrected chi connectivity index (χ4v) is 2.37. The van der Waals surface area contributed by atoms with Gasteiger partial charge in [-0.15, -0.1) is 0 Å². The third-order valence-electron chi connectivity index (χ3n) is 2.48. The standard InChI is InChI=1S/C11H16N2O6S/c1-8-6-9(13(14)15)7-10(20(12,16)17)11(8)19-5-3-4-18-2/h6-7H,3-5H2,1-2H3,(H2,12,16,17). The number of hydrogen-bond acceptors (Lipinski definition) is 6. The minimum atomic E-state index is -4.12. The van der Waals surface area contributed by atoms with Gasteiger partial charge in [0.15, 0.2) is 0 Å². The second-order valence-electron chi connectivity index (χ2n) is 4.09. The number of hydrogen-bond donors (Lipinski definition) is 1. The van der Waals surface area contributed by atoms with Crippen molar-refractivity contribution in [3.8, 4) is 5.75 Å². The van der Waals surface area contributed by atoms with E-state index in [1.807, 2.05) is 0 Å². The van der Waals surface area contributed by atoms with Crippen LogP contribution in [-0.2, 0) is 14.8 Å². The number of aryl methyl sites for hydroxylation is 1. The van der Waals surface area contributed by atoms with Gasteiger partial charge in [-0.25, -0.2) is 13.6 Å². The average molecular weight is 304 g/mol. The van der Waals surface area contributed by atoms with E-state index >= 15 is 0 Å². The first kappa shape index (κ1) is 16.3. The summed E-state index contributed by atoms with van der Waals surface area (Å²) in [6.45, 7) is 2.19. The van der Waals surface area contributed by atoms with Crippen LogP contribution in [0.2, 0.25) is 0 Å². The first-order valence-corrected chi connectivity index (χ1v) is 7.25. The Hall–Kier alpha value is -1.71. The van der Waals surface area contributed by atoms with Crippen LogP contribution in [-0.4, -0.2) is 33.7 Å². The van der Waals surface area contributed by atoms with Crippen LogP contribution in [0.1, 0.15) is 12.0 Å². The number of nitrogens with two attached hydrogens (primary N) is 1. The van der Waals surface area contributed by atoms with E-state index in [1.54, 1.807) is 0 Å². The molecule has 0 aliphatic rings. The number of nitro benzene ring substituents is 1. The Morgan fingerprint density at radius 1 is 1.35 bits per heavy atom. The fourth-order valence-electron chi connectivity index (χ4n) is 1.60. The highest BCUT2D eigenvalue weighted by Gasteiger charge is 2.22. The summed E-state index contributed by atoms with van der Waals surface area (Å²) < 4.78 is 33.3. The number of ether oxygens (including phenoxy) is 2. The van der Waals surface area contributed by atoms with Crippen molar-refractivity contribution >= 4 is 15.7 Å². The van der Waals surface area contributed by atoms with E-state index in [9.17, 15) is 18.5 Å². The van der Waals surface area contributed by atoms with Crippen molar-refractivity contribution in [1.29, 1.82) is 0 Å². The minimum absolute atomic E-state index is 0.0363. The molecule has 1 aromatic rings.